The van der Waals surface area contributed by atoms with Gasteiger partial charge in [0, 0.05) is 35.0 Å². The van der Waals surface area contributed by atoms with Crippen LogP contribution in [0.5, 0.6) is 5.75 Å². The monoisotopic (exact) mass is 400 g/mol. The smallest absolute Gasteiger partial charge is 0.269 e. The Hall–Kier alpha value is -4.26. The van der Waals surface area contributed by atoms with Crippen LogP contribution in [-0.2, 0) is 6.61 Å². The van der Waals surface area contributed by atoms with E-state index in [0.717, 1.165) is 5.56 Å². The molecule has 0 bridgehead atoms. The van der Waals surface area contributed by atoms with Gasteiger partial charge in [-0.3, -0.25) is 19.7 Å². The van der Waals surface area contributed by atoms with E-state index in [1.165, 1.54) is 18.2 Å². The molecular weight excluding hydrogens is 384 g/mol. The number of non-ortho nitro benzene ring substituents is 1. The molecular formula is C23H16N2O5. The highest BCUT2D eigenvalue weighted by atomic mass is 16.6. The summed E-state index contributed by atoms with van der Waals surface area (Å²) in [6, 6.07) is 19.8. The average molecular weight is 400 g/mol. The van der Waals surface area contributed by atoms with Crippen molar-refractivity contribution in [2.24, 2.45) is 0 Å². The minimum atomic E-state index is -0.449. The van der Waals surface area contributed by atoms with Crippen molar-refractivity contribution in [3.8, 4) is 5.75 Å². The molecule has 0 aromatic heterocycles. The van der Waals surface area contributed by atoms with Crippen molar-refractivity contribution >= 4 is 22.9 Å². The summed E-state index contributed by atoms with van der Waals surface area (Å²) in [4.78, 5) is 35.1. The minimum absolute atomic E-state index is 0.0295. The molecule has 0 aliphatic heterocycles. The van der Waals surface area contributed by atoms with Crippen LogP contribution in [0.15, 0.2) is 84.6 Å². The zero-order valence-electron chi connectivity index (χ0n) is 15.7. The Kier molecular flexibility index (Phi) is 5.09. The zero-order chi connectivity index (χ0) is 21.1. The first-order chi connectivity index (χ1) is 14.5. The Morgan fingerprint density at radius 3 is 2.20 bits per heavy atom. The van der Waals surface area contributed by atoms with Gasteiger partial charge in [0.05, 0.1) is 10.6 Å². The standard InChI is InChI=1S/C23H16N2O5/c26-22-13-21(23(27)20-4-2-1-3-19(20)22)24-16-7-11-18(12-8-16)30-14-15-5-9-17(10-6-15)25(28)29/h1-13,24H,14H2. The van der Waals surface area contributed by atoms with E-state index in [1.54, 1.807) is 60.7 Å². The number of ether oxygens (including phenoxy) is 1. The molecule has 0 radical (unpaired) electrons. The molecule has 1 N–H and O–H groups in total. The number of anilines is 1. The number of fused-ring (bicyclic) bond motifs is 1. The number of carbonyl (C=O) groups is 2. The van der Waals surface area contributed by atoms with Crippen molar-refractivity contribution < 1.29 is 19.2 Å². The van der Waals surface area contributed by atoms with Crippen molar-refractivity contribution in [1.82, 2.24) is 0 Å². The van der Waals surface area contributed by atoms with E-state index in [9.17, 15) is 19.7 Å². The summed E-state index contributed by atoms with van der Waals surface area (Å²) in [7, 11) is 0. The number of hydrogen-bond donors (Lipinski definition) is 1. The highest BCUT2D eigenvalue weighted by Gasteiger charge is 2.25. The Labute approximate surface area is 171 Å². The van der Waals surface area contributed by atoms with Gasteiger partial charge in [-0.2, -0.15) is 0 Å². The molecule has 148 valence electrons. The number of hydrogen-bond acceptors (Lipinski definition) is 6. The van der Waals surface area contributed by atoms with Gasteiger partial charge in [0.2, 0.25) is 5.78 Å². The number of rotatable bonds is 6. The summed E-state index contributed by atoms with van der Waals surface area (Å²) < 4.78 is 5.69. The molecule has 7 heteroatoms. The van der Waals surface area contributed by atoms with Gasteiger partial charge in [0.25, 0.3) is 5.69 Å². The number of nitrogens with zero attached hydrogens (tertiary/aromatic N) is 1. The fourth-order valence-corrected chi connectivity index (χ4v) is 3.08. The largest absolute Gasteiger partial charge is 0.489 e. The third-order valence-corrected chi connectivity index (χ3v) is 4.64. The predicted octanol–water partition coefficient (Wildman–Crippen LogP) is 4.55. The van der Waals surface area contributed by atoms with Crippen molar-refractivity contribution in [1.29, 1.82) is 0 Å². The van der Waals surface area contributed by atoms with Gasteiger partial charge in [0.15, 0.2) is 5.78 Å². The van der Waals surface area contributed by atoms with E-state index in [0.29, 0.717) is 22.6 Å². The number of ketones is 2. The number of allylic oxidation sites excluding steroid dienone is 2. The second kappa shape index (κ2) is 8.00. The van der Waals surface area contributed by atoms with Gasteiger partial charge in [0.1, 0.15) is 12.4 Å². The Morgan fingerprint density at radius 2 is 1.53 bits per heavy atom. The Balaban J connectivity index is 1.40. The summed E-state index contributed by atoms with van der Waals surface area (Å²) in [5.74, 6) is 0.156. The number of benzene rings is 3. The van der Waals surface area contributed by atoms with Crippen LogP contribution >= 0.6 is 0 Å². The van der Waals surface area contributed by atoms with Crippen LogP contribution in [0.25, 0.3) is 0 Å². The van der Waals surface area contributed by atoms with Crippen LogP contribution in [0, 0.1) is 10.1 Å². The lowest BCUT2D eigenvalue weighted by atomic mass is 9.92. The summed E-state index contributed by atoms with van der Waals surface area (Å²) in [6.07, 6.45) is 1.31. The van der Waals surface area contributed by atoms with Crippen LogP contribution in [0.3, 0.4) is 0 Å². The molecule has 0 spiro atoms. The molecule has 1 aliphatic rings. The highest BCUT2D eigenvalue weighted by Crippen LogP contribution is 2.24. The minimum Gasteiger partial charge on any atom is -0.489 e. The maximum absolute atomic E-state index is 12.6. The van der Waals surface area contributed by atoms with E-state index in [4.69, 9.17) is 4.74 Å². The van der Waals surface area contributed by atoms with E-state index >= 15 is 0 Å². The average Bonchev–Trinajstić information content (AvgIpc) is 2.77. The van der Waals surface area contributed by atoms with Crippen LogP contribution in [0.4, 0.5) is 11.4 Å². The molecule has 7 nitrogen and oxygen atoms in total. The molecule has 0 amide bonds. The van der Waals surface area contributed by atoms with Crippen LogP contribution in [0.2, 0.25) is 0 Å². The van der Waals surface area contributed by atoms with Crippen molar-refractivity contribution in [3.63, 3.8) is 0 Å². The van der Waals surface area contributed by atoms with Crippen molar-refractivity contribution in [2.75, 3.05) is 5.32 Å². The van der Waals surface area contributed by atoms with Gasteiger partial charge in [-0.25, -0.2) is 0 Å². The molecule has 0 saturated heterocycles. The number of nitro benzene ring substituents is 1. The molecule has 1 aliphatic carbocycles. The van der Waals surface area contributed by atoms with E-state index in [1.807, 2.05) is 0 Å². The lowest BCUT2D eigenvalue weighted by molar-refractivity contribution is -0.384. The molecule has 0 saturated carbocycles. The summed E-state index contributed by atoms with van der Waals surface area (Å²) in [5, 5.41) is 13.7. The normalized spacial score (nSPS) is 12.7. The number of nitro groups is 1. The second-order valence-corrected chi connectivity index (χ2v) is 6.66. The van der Waals surface area contributed by atoms with Crippen LogP contribution in [0.1, 0.15) is 26.3 Å². The summed E-state index contributed by atoms with van der Waals surface area (Å²) >= 11 is 0. The second-order valence-electron chi connectivity index (χ2n) is 6.66. The lowest BCUT2D eigenvalue weighted by Gasteiger charge is -2.16. The predicted molar refractivity (Wildman–Crippen MR) is 111 cm³/mol. The molecule has 3 aromatic rings. The fourth-order valence-electron chi connectivity index (χ4n) is 3.08. The molecule has 3 aromatic carbocycles. The molecule has 4 rings (SSSR count). The first kappa shape index (κ1) is 19.1. The first-order valence-corrected chi connectivity index (χ1v) is 9.14. The van der Waals surface area contributed by atoms with Gasteiger partial charge in [-0.1, -0.05) is 24.3 Å². The third-order valence-electron chi connectivity index (χ3n) is 4.64. The van der Waals surface area contributed by atoms with Gasteiger partial charge in [-0.15, -0.1) is 0 Å². The van der Waals surface area contributed by atoms with Crippen molar-refractivity contribution in [2.45, 2.75) is 6.61 Å². The fraction of sp³-hybridized carbons (Fsp3) is 0.0435. The first-order valence-electron chi connectivity index (χ1n) is 9.14. The Morgan fingerprint density at radius 1 is 0.867 bits per heavy atom. The molecule has 0 heterocycles. The SMILES string of the molecule is O=C1C=C(Nc2ccc(OCc3ccc([N+](=O)[O-])cc3)cc2)C(=O)c2ccccc21. The third kappa shape index (κ3) is 3.95. The topological polar surface area (TPSA) is 98.5 Å². The maximum Gasteiger partial charge on any atom is 0.269 e. The number of nitrogens with one attached hydrogen (secondary N) is 1. The molecule has 0 unspecified atom stereocenters. The van der Waals surface area contributed by atoms with Crippen LogP contribution < -0.4 is 10.1 Å². The quantitative estimate of drug-likeness (QED) is 0.481. The number of Topliss-reactive ketones (excluding diaryl/α,β-unsaturated/α-hetero) is 1. The van der Waals surface area contributed by atoms with Gasteiger partial charge in [-0.05, 0) is 42.0 Å². The van der Waals surface area contributed by atoms with Crippen molar-refractivity contribution in [3.05, 3.63) is 111 Å². The highest BCUT2D eigenvalue weighted by molar-refractivity contribution is 6.25. The maximum atomic E-state index is 12.6. The summed E-state index contributed by atoms with van der Waals surface area (Å²) in [5.41, 5.74) is 2.49. The van der Waals surface area contributed by atoms with E-state index < -0.39 is 4.92 Å². The van der Waals surface area contributed by atoms with Crippen LogP contribution in [-0.4, -0.2) is 16.5 Å². The molecule has 30 heavy (non-hydrogen) atoms. The molecule has 0 fully saturated rings. The summed E-state index contributed by atoms with van der Waals surface area (Å²) in [6.45, 7) is 0.264. The lowest BCUT2D eigenvalue weighted by Crippen LogP contribution is -2.21. The zero-order valence-corrected chi connectivity index (χ0v) is 15.7. The van der Waals surface area contributed by atoms with E-state index in [2.05, 4.69) is 5.32 Å². The van der Waals surface area contributed by atoms with E-state index in [-0.39, 0.29) is 29.6 Å². The Bertz CT molecular complexity index is 1160. The number of carbonyl (C=O) groups excluding carboxylic acids is 2. The van der Waals surface area contributed by atoms with Gasteiger partial charge < -0.3 is 10.1 Å². The van der Waals surface area contributed by atoms with Gasteiger partial charge >= 0.3 is 0 Å². The molecule has 0 atom stereocenters.